The van der Waals surface area contributed by atoms with Gasteiger partial charge in [-0.1, -0.05) is 12.1 Å². The van der Waals surface area contributed by atoms with E-state index < -0.39 is 0 Å². The van der Waals surface area contributed by atoms with Crippen LogP contribution in [-0.4, -0.2) is 23.6 Å². The van der Waals surface area contributed by atoms with Crippen LogP contribution in [0.25, 0.3) is 11.4 Å². The fourth-order valence-corrected chi connectivity index (χ4v) is 2.12. The number of aromatic nitrogens is 2. The lowest BCUT2D eigenvalue weighted by Gasteiger charge is -2.14. The summed E-state index contributed by atoms with van der Waals surface area (Å²) in [6.07, 6.45) is 1.89. The van der Waals surface area contributed by atoms with E-state index in [9.17, 15) is 0 Å². The first-order valence-corrected chi connectivity index (χ1v) is 6.90. The van der Waals surface area contributed by atoms with Crippen molar-refractivity contribution in [3.63, 3.8) is 0 Å². The topological polar surface area (TPSA) is 47.0 Å². The Balaban J connectivity index is 2.42. The van der Waals surface area contributed by atoms with E-state index in [4.69, 9.17) is 4.74 Å². The second-order valence-electron chi connectivity index (χ2n) is 4.67. The minimum atomic E-state index is 0.242. The van der Waals surface area contributed by atoms with Gasteiger partial charge in [0.15, 0.2) is 5.82 Å². The van der Waals surface area contributed by atoms with Crippen molar-refractivity contribution in [2.24, 2.45) is 0 Å². The zero-order chi connectivity index (χ0) is 14.5. The Labute approximate surface area is 120 Å². The van der Waals surface area contributed by atoms with Gasteiger partial charge in [-0.05, 0) is 40.0 Å². The molecule has 106 valence electrons. The summed E-state index contributed by atoms with van der Waals surface area (Å²) in [4.78, 5) is 9.11. The van der Waals surface area contributed by atoms with Gasteiger partial charge in [0.05, 0.1) is 12.2 Å². The highest BCUT2D eigenvalue weighted by Gasteiger charge is 2.12. The van der Waals surface area contributed by atoms with Gasteiger partial charge in [0.2, 0.25) is 0 Å². The van der Waals surface area contributed by atoms with E-state index in [0.717, 1.165) is 22.6 Å². The van der Waals surface area contributed by atoms with Gasteiger partial charge in [-0.25, -0.2) is 9.97 Å². The largest absolute Gasteiger partial charge is 0.493 e. The molecular weight excluding hydrogens is 250 g/mol. The van der Waals surface area contributed by atoms with Gasteiger partial charge in [-0.15, -0.1) is 0 Å². The lowest BCUT2D eigenvalue weighted by atomic mass is 10.1. The molecule has 0 saturated carbocycles. The molecule has 0 aliphatic rings. The predicted molar refractivity (Wildman–Crippen MR) is 80.8 cm³/mol. The van der Waals surface area contributed by atoms with E-state index in [1.54, 1.807) is 0 Å². The highest BCUT2D eigenvalue weighted by Crippen LogP contribution is 2.28. The fourth-order valence-electron chi connectivity index (χ4n) is 2.12. The Hall–Kier alpha value is -1.94. The van der Waals surface area contributed by atoms with Crippen molar-refractivity contribution >= 4 is 0 Å². The van der Waals surface area contributed by atoms with Crippen molar-refractivity contribution < 1.29 is 4.74 Å². The van der Waals surface area contributed by atoms with E-state index >= 15 is 0 Å². The molecule has 0 spiro atoms. The monoisotopic (exact) mass is 271 g/mol. The van der Waals surface area contributed by atoms with Gasteiger partial charge in [-0.3, -0.25) is 0 Å². The van der Waals surface area contributed by atoms with Crippen LogP contribution in [0.5, 0.6) is 5.75 Å². The number of rotatable bonds is 5. The SMILES string of the molecule is CCOc1ccccc1-c1ncc(C(C)NC)c(C)n1. The number of benzene rings is 1. The number of aryl methyl sites for hydroxylation is 1. The number of para-hydroxylation sites is 1. The Bertz CT molecular complexity index is 584. The van der Waals surface area contributed by atoms with Crippen LogP contribution >= 0.6 is 0 Å². The van der Waals surface area contributed by atoms with Crippen LogP contribution < -0.4 is 10.1 Å². The van der Waals surface area contributed by atoms with Gasteiger partial charge in [-0.2, -0.15) is 0 Å². The third-order valence-corrected chi connectivity index (χ3v) is 3.34. The third-order valence-electron chi connectivity index (χ3n) is 3.34. The summed E-state index contributed by atoms with van der Waals surface area (Å²) in [6.45, 7) is 6.71. The normalized spacial score (nSPS) is 12.2. The summed E-state index contributed by atoms with van der Waals surface area (Å²) in [6, 6.07) is 8.11. The number of nitrogens with zero attached hydrogens (tertiary/aromatic N) is 2. The van der Waals surface area contributed by atoms with E-state index in [0.29, 0.717) is 12.4 Å². The van der Waals surface area contributed by atoms with E-state index in [1.807, 2.05) is 51.4 Å². The van der Waals surface area contributed by atoms with E-state index in [2.05, 4.69) is 22.2 Å². The molecule has 0 aliphatic carbocycles. The zero-order valence-electron chi connectivity index (χ0n) is 12.5. The minimum Gasteiger partial charge on any atom is -0.493 e. The number of hydrogen-bond acceptors (Lipinski definition) is 4. The van der Waals surface area contributed by atoms with Crippen LogP contribution in [0, 0.1) is 6.92 Å². The highest BCUT2D eigenvalue weighted by molar-refractivity contribution is 5.64. The van der Waals surface area contributed by atoms with E-state index in [-0.39, 0.29) is 6.04 Å². The van der Waals surface area contributed by atoms with Crippen molar-refractivity contribution in [3.8, 4) is 17.1 Å². The lowest BCUT2D eigenvalue weighted by Crippen LogP contribution is -2.15. The minimum absolute atomic E-state index is 0.242. The zero-order valence-corrected chi connectivity index (χ0v) is 12.5. The molecule has 0 amide bonds. The van der Waals surface area contributed by atoms with Gasteiger partial charge < -0.3 is 10.1 Å². The molecule has 2 rings (SSSR count). The van der Waals surface area contributed by atoms with Crippen molar-refractivity contribution in [1.82, 2.24) is 15.3 Å². The smallest absolute Gasteiger partial charge is 0.163 e. The van der Waals surface area contributed by atoms with Crippen LogP contribution in [0.15, 0.2) is 30.5 Å². The summed E-state index contributed by atoms with van der Waals surface area (Å²) in [5.41, 5.74) is 3.04. The summed E-state index contributed by atoms with van der Waals surface area (Å²) in [5.74, 6) is 1.53. The van der Waals surface area contributed by atoms with E-state index in [1.165, 1.54) is 0 Å². The fraction of sp³-hybridized carbons (Fsp3) is 0.375. The van der Waals surface area contributed by atoms with Gasteiger partial charge in [0.1, 0.15) is 5.75 Å². The van der Waals surface area contributed by atoms with Crippen LogP contribution in [-0.2, 0) is 0 Å². The average Bonchev–Trinajstić information content (AvgIpc) is 2.47. The maximum Gasteiger partial charge on any atom is 0.163 e. The molecule has 1 unspecified atom stereocenters. The van der Waals surface area contributed by atoms with Crippen molar-refractivity contribution in [2.75, 3.05) is 13.7 Å². The second-order valence-corrected chi connectivity index (χ2v) is 4.67. The van der Waals surface area contributed by atoms with Gasteiger partial charge in [0.25, 0.3) is 0 Å². The van der Waals surface area contributed by atoms with Crippen LogP contribution in [0.4, 0.5) is 0 Å². The quantitative estimate of drug-likeness (QED) is 0.907. The molecule has 4 nitrogen and oxygen atoms in total. The number of nitrogens with one attached hydrogen (secondary N) is 1. The molecule has 1 aromatic carbocycles. The molecule has 0 saturated heterocycles. The van der Waals surface area contributed by atoms with Crippen LogP contribution in [0.1, 0.15) is 31.1 Å². The molecule has 1 heterocycles. The van der Waals surface area contributed by atoms with Crippen molar-refractivity contribution in [2.45, 2.75) is 26.8 Å². The van der Waals surface area contributed by atoms with Gasteiger partial charge in [0, 0.05) is 23.5 Å². The maximum absolute atomic E-state index is 5.64. The molecule has 0 bridgehead atoms. The summed E-state index contributed by atoms with van der Waals surface area (Å²) < 4.78 is 5.64. The summed E-state index contributed by atoms with van der Waals surface area (Å²) in [5, 5.41) is 3.21. The average molecular weight is 271 g/mol. The first-order valence-electron chi connectivity index (χ1n) is 6.90. The molecule has 0 fully saturated rings. The first kappa shape index (κ1) is 14.5. The molecule has 2 aromatic rings. The molecule has 1 N–H and O–H groups in total. The van der Waals surface area contributed by atoms with Crippen molar-refractivity contribution in [1.29, 1.82) is 0 Å². The summed E-state index contributed by atoms with van der Waals surface area (Å²) >= 11 is 0. The molecule has 4 heteroatoms. The second kappa shape index (κ2) is 6.48. The Morgan fingerprint density at radius 1 is 1.30 bits per heavy atom. The lowest BCUT2D eigenvalue weighted by molar-refractivity contribution is 0.341. The molecule has 0 aliphatic heterocycles. The molecule has 1 aromatic heterocycles. The molecular formula is C16H21N3O. The molecule has 0 radical (unpaired) electrons. The standard InChI is InChI=1S/C16H21N3O/c1-5-20-15-9-7-6-8-13(15)16-18-10-14(11(2)17-4)12(3)19-16/h6-11,17H,5H2,1-4H3. The Kier molecular flexibility index (Phi) is 4.69. The van der Waals surface area contributed by atoms with Crippen LogP contribution in [0.3, 0.4) is 0 Å². The Morgan fingerprint density at radius 2 is 2.05 bits per heavy atom. The summed E-state index contributed by atoms with van der Waals surface area (Å²) in [7, 11) is 1.93. The van der Waals surface area contributed by atoms with Crippen LogP contribution in [0.2, 0.25) is 0 Å². The number of ether oxygens (including phenoxy) is 1. The third kappa shape index (κ3) is 2.96. The highest BCUT2D eigenvalue weighted by atomic mass is 16.5. The molecule has 20 heavy (non-hydrogen) atoms. The van der Waals surface area contributed by atoms with Crippen molar-refractivity contribution in [3.05, 3.63) is 41.7 Å². The maximum atomic E-state index is 5.64. The predicted octanol–water partition coefficient (Wildman–Crippen LogP) is 3.13. The molecule has 1 atom stereocenters. The Morgan fingerprint density at radius 3 is 2.70 bits per heavy atom. The van der Waals surface area contributed by atoms with Gasteiger partial charge >= 0.3 is 0 Å². The number of hydrogen-bond donors (Lipinski definition) is 1. The first-order chi connectivity index (χ1) is 9.67.